The molecule has 0 aromatic heterocycles. The zero-order valence-corrected chi connectivity index (χ0v) is 11.1. The van der Waals surface area contributed by atoms with E-state index in [1.54, 1.807) is 6.07 Å². The van der Waals surface area contributed by atoms with Crippen LogP contribution >= 0.6 is 0 Å². The SMILES string of the molecule is O[C@@H]1Cc2ccccc2[C@H]1Nc1cccc(C(F)(F)F)c1. The molecule has 0 saturated carbocycles. The van der Waals surface area contributed by atoms with E-state index in [-0.39, 0.29) is 6.04 Å². The van der Waals surface area contributed by atoms with Gasteiger partial charge in [0.15, 0.2) is 0 Å². The van der Waals surface area contributed by atoms with Crippen molar-refractivity contribution in [2.24, 2.45) is 0 Å². The van der Waals surface area contributed by atoms with Crippen LogP contribution < -0.4 is 5.32 Å². The fourth-order valence-electron chi connectivity index (χ4n) is 2.71. The molecular weight excluding hydrogens is 279 g/mol. The molecule has 0 aliphatic heterocycles. The Bertz CT molecular complexity index is 654. The lowest BCUT2D eigenvalue weighted by Crippen LogP contribution is -2.21. The summed E-state index contributed by atoms with van der Waals surface area (Å²) in [6.07, 6.45) is -4.51. The highest BCUT2D eigenvalue weighted by atomic mass is 19.4. The van der Waals surface area contributed by atoms with E-state index >= 15 is 0 Å². The maximum atomic E-state index is 12.7. The van der Waals surface area contributed by atoms with Crippen LogP contribution in [0.2, 0.25) is 0 Å². The second-order valence-electron chi connectivity index (χ2n) is 5.17. The second-order valence-corrected chi connectivity index (χ2v) is 5.17. The lowest BCUT2D eigenvalue weighted by Gasteiger charge is -2.20. The standard InChI is InChI=1S/C16H14F3NO/c17-16(18,19)11-5-3-6-12(9-11)20-15-13-7-2-1-4-10(13)8-14(15)21/h1-7,9,14-15,20-21H,8H2/t14-,15-/m1/s1. The molecule has 1 aliphatic rings. The summed E-state index contributed by atoms with van der Waals surface area (Å²) >= 11 is 0. The zero-order chi connectivity index (χ0) is 15.0. The van der Waals surface area contributed by atoms with E-state index in [1.165, 1.54) is 6.07 Å². The van der Waals surface area contributed by atoms with Crippen LogP contribution in [-0.2, 0) is 12.6 Å². The van der Waals surface area contributed by atoms with Crippen LogP contribution in [0.1, 0.15) is 22.7 Å². The molecule has 2 aromatic carbocycles. The summed E-state index contributed by atoms with van der Waals surface area (Å²) in [6.45, 7) is 0. The first-order valence-corrected chi connectivity index (χ1v) is 6.65. The van der Waals surface area contributed by atoms with Gasteiger partial charge >= 0.3 is 6.18 Å². The molecule has 2 N–H and O–H groups in total. The molecule has 0 heterocycles. The van der Waals surface area contributed by atoms with Gasteiger partial charge in [0.25, 0.3) is 0 Å². The predicted molar refractivity (Wildman–Crippen MR) is 74.0 cm³/mol. The molecule has 0 unspecified atom stereocenters. The predicted octanol–water partition coefficient (Wildman–Crippen LogP) is 3.78. The summed E-state index contributed by atoms with van der Waals surface area (Å²) in [5.74, 6) is 0. The van der Waals surface area contributed by atoms with Gasteiger partial charge in [-0.1, -0.05) is 30.3 Å². The van der Waals surface area contributed by atoms with Crippen molar-refractivity contribution < 1.29 is 18.3 Å². The molecule has 21 heavy (non-hydrogen) atoms. The Hall–Kier alpha value is -2.01. The van der Waals surface area contributed by atoms with Gasteiger partial charge in [0, 0.05) is 12.1 Å². The molecule has 0 fully saturated rings. The van der Waals surface area contributed by atoms with Gasteiger partial charge in [-0.2, -0.15) is 13.2 Å². The summed E-state index contributed by atoms with van der Waals surface area (Å²) in [7, 11) is 0. The molecule has 2 atom stereocenters. The monoisotopic (exact) mass is 293 g/mol. The largest absolute Gasteiger partial charge is 0.416 e. The molecule has 1 aliphatic carbocycles. The molecule has 3 rings (SSSR count). The topological polar surface area (TPSA) is 32.3 Å². The second kappa shape index (κ2) is 5.07. The molecule has 110 valence electrons. The highest BCUT2D eigenvalue weighted by Gasteiger charge is 2.32. The van der Waals surface area contributed by atoms with Crippen molar-refractivity contribution in [3.63, 3.8) is 0 Å². The fourth-order valence-corrected chi connectivity index (χ4v) is 2.71. The third kappa shape index (κ3) is 2.74. The fraction of sp³-hybridized carbons (Fsp3) is 0.250. The minimum atomic E-state index is -4.37. The van der Waals surface area contributed by atoms with E-state index in [0.717, 1.165) is 23.3 Å². The summed E-state index contributed by atoms with van der Waals surface area (Å²) in [6, 6.07) is 12.2. The molecule has 0 saturated heterocycles. The van der Waals surface area contributed by atoms with Crippen LogP contribution in [0.5, 0.6) is 0 Å². The minimum absolute atomic E-state index is 0.352. The first-order valence-electron chi connectivity index (χ1n) is 6.65. The molecule has 0 bridgehead atoms. The van der Waals surface area contributed by atoms with Crippen LogP contribution in [0, 0.1) is 0 Å². The summed E-state index contributed by atoms with van der Waals surface area (Å²) < 4.78 is 38.2. The third-order valence-electron chi connectivity index (χ3n) is 3.72. The number of halogens is 3. The van der Waals surface area contributed by atoms with Crippen molar-refractivity contribution in [2.45, 2.75) is 24.7 Å². The van der Waals surface area contributed by atoms with Crippen LogP contribution in [-0.4, -0.2) is 11.2 Å². The van der Waals surface area contributed by atoms with Gasteiger partial charge in [-0.25, -0.2) is 0 Å². The number of benzene rings is 2. The summed E-state index contributed by atoms with van der Waals surface area (Å²) in [4.78, 5) is 0. The number of hydrogen-bond acceptors (Lipinski definition) is 2. The Morgan fingerprint density at radius 1 is 1.05 bits per heavy atom. The average Bonchev–Trinajstić information content (AvgIpc) is 2.75. The number of fused-ring (bicyclic) bond motifs is 1. The molecule has 2 nitrogen and oxygen atoms in total. The highest BCUT2D eigenvalue weighted by Crippen LogP contribution is 2.36. The first kappa shape index (κ1) is 13.9. The first-order chi connectivity index (χ1) is 9.95. The van der Waals surface area contributed by atoms with Gasteiger partial charge in [0.2, 0.25) is 0 Å². The summed E-state index contributed by atoms with van der Waals surface area (Å²) in [5.41, 5.74) is 1.61. The van der Waals surface area contributed by atoms with Crippen LogP contribution in [0.4, 0.5) is 18.9 Å². The van der Waals surface area contributed by atoms with Gasteiger partial charge in [-0.15, -0.1) is 0 Å². The lowest BCUT2D eigenvalue weighted by molar-refractivity contribution is -0.137. The van der Waals surface area contributed by atoms with Gasteiger partial charge in [-0.05, 0) is 29.3 Å². The van der Waals surface area contributed by atoms with Crippen molar-refractivity contribution in [1.29, 1.82) is 0 Å². The van der Waals surface area contributed by atoms with Gasteiger partial charge in [0.1, 0.15) is 0 Å². The molecule has 0 spiro atoms. The Morgan fingerprint density at radius 3 is 2.57 bits per heavy atom. The number of rotatable bonds is 2. The lowest BCUT2D eigenvalue weighted by atomic mass is 10.1. The minimum Gasteiger partial charge on any atom is -0.390 e. The van der Waals surface area contributed by atoms with E-state index < -0.39 is 17.8 Å². The normalized spacial score (nSPS) is 21.1. The van der Waals surface area contributed by atoms with E-state index in [2.05, 4.69) is 5.32 Å². The number of nitrogens with one attached hydrogen (secondary N) is 1. The smallest absolute Gasteiger partial charge is 0.390 e. The van der Waals surface area contributed by atoms with Crippen LogP contribution in [0.25, 0.3) is 0 Å². The van der Waals surface area contributed by atoms with Crippen molar-refractivity contribution in [2.75, 3.05) is 5.32 Å². The molecule has 0 radical (unpaired) electrons. The van der Waals surface area contributed by atoms with Crippen LogP contribution in [0.3, 0.4) is 0 Å². The number of aliphatic hydroxyl groups is 1. The van der Waals surface area contributed by atoms with Gasteiger partial charge < -0.3 is 10.4 Å². The molecular formula is C16H14F3NO. The van der Waals surface area contributed by atoms with E-state index in [1.807, 2.05) is 24.3 Å². The Labute approximate surface area is 120 Å². The maximum Gasteiger partial charge on any atom is 0.416 e. The zero-order valence-electron chi connectivity index (χ0n) is 11.1. The quantitative estimate of drug-likeness (QED) is 0.883. The number of anilines is 1. The average molecular weight is 293 g/mol. The maximum absolute atomic E-state index is 12.7. The van der Waals surface area contributed by atoms with Crippen molar-refractivity contribution in [3.8, 4) is 0 Å². The third-order valence-corrected chi connectivity index (χ3v) is 3.72. The van der Waals surface area contributed by atoms with Crippen molar-refractivity contribution in [3.05, 3.63) is 65.2 Å². The van der Waals surface area contributed by atoms with Gasteiger partial charge in [0.05, 0.1) is 17.7 Å². The van der Waals surface area contributed by atoms with E-state index in [4.69, 9.17) is 0 Å². The van der Waals surface area contributed by atoms with Crippen LogP contribution in [0.15, 0.2) is 48.5 Å². The Morgan fingerprint density at radius 2 is 1.81 bits per heavy atom. The van der Waals surface area contributed by atoms with Crippen molar-refractivity contribution in [1.82, 2.24) is 0 Å². The number of aliphatic hydroxyl groups excluding tert-OH is 1. The molecule has 0 amide bonds. The van der Waals surface area contributed by atoms with Crippen molar-refractivity contribution >= 4 is 5.69 Å². The highest BCUT2D eigenvalue weighted by molar-refractivity contribution is 5.51. The van der Waals surface area contributed by atoms with Gasteiger partial charge in [-0.3, -0.25) is 0 Å². The van der Waals surface area contributed by atoms with E-state index in [0.29, 0.717) is 12.1 Å². The Balaban J connectivity index is 1.88. The Kier molecular flexibility index (Phi) is 3.37. The van der Waals surface area contributed by atoms with E-state index in [9.17, 15) is 18.3 Å². The molecule has 5 heteroatoms. The molecule has 2 aromatic rings. The summed E-state index contributed by atoms with van der Waals surface area (Å²) in [5, 5.41) is 13.1. The number of hydrogen-bond donors (Lipinski definition) is 2. The number of alkyl halides is 3.